The van der Waals surface area contributed by atoms with Gasteiger partial charge in [-0.1, -0.05) is 0 Å². The summed E-state index contributed by atoms with van der Waals surface area (Å²) in [5, 5.41) is 16.2. The van der Waals surface area contributed by atoms with Crippen LogP contribution in [0.15, 0.2) is 36.7 Å². The molecule has 116 valence electrons. The number of hydrogen-bond acceptors (Lipinski definition) is 5. The van der Waals surface area contributed by atoms with Crippen molar-refractivity contribution in [3.8, 4) is 17.3 Å². The van der Waals surface area contributed by atoms with E-state index < -0.39 is 5.82 Å². The van der Waals surface area contributed by atoms with Crippen molar-refractivity contribution >= 4 is 11.3 Å². The van der Waals surface area contributed by atoms with Crippen LogP contribution in [-0.4, -0.2) is 34.9 Å². The summed E-state index contributed by atoms with van der Waals surface area (Å²) in [5.41, 5.74) is 2.58. The van der Waals surface area contributed by atoms with Gasteiger partial charge in [0.2, 0.25) is 0 Å². The first-order valence-electron chi connectivity index (χ1n) is 6.99. The number of anilines is 1. The van der Waals surface area contributed by atoms with Crippen LogP contribution in [-0.2, 0) is 4.74 Å². The number of benzene rings is 1. The molecule has 0 saturated heterocycles. The molecule has 3 rings (SSSR count). The molecule has 0 saturated carbocycles. The highest BCUT2D eigenvalue weighted by molar-refractivity contribution is 5.70. The summed E-state index contributed by atoms with van der Waals surface area (Å²) in [6.45, 7) is 1.18. The molecule has 0 atom stereocenters. The van der Waals surface area contributed by atoms with Crippen LogP contribution in [0.3, 0.4) is 0 Å². The minimum atomic E-state index is -0.477. The molecule has 2 heterocycles. The Kier molecular flexibility index (Phi) is 4.17. The maximum absolute atomic E-state index is 14.3. The molecule has 7 heteroatoms. The standard InChI is InChI=1S/C16H14FN5O/c1-23-5-4-19-12-7-15(22-16(8-12)20-10-21-22)13-3-2-11(9-18)6-14(13)17/h2-3,6-8,10,19H,4-5H2,1H3. The first-order valence-corrected chi connectivity index (χ1v) is 6.99. The van der Waals surface area contributed by atoms with Crippen LogP contribution in [0.25, 0.3) is 16.9 Å². The molecule has 1 aromatic carbocycles. The molecule has 3 aromatic rings. The molecular formula is C16H14FN5O. The number of fused-ring (bicyclic) bond motifs is 1. The number of nitriles is 1. The van der Waals surface area contributed by atoms with Crippen molar-refractivity contribution in [3.63, 3.8) is 0 Å². The molecule has 23 heavy (non-hydrogen) atoms. The first kappa shape index (κ1) is 14.9. The van der Waals surface area contributed by atoms with Crippen molar-refractivity contribution in [1.29, 1.82) is 5.26 Å². The van der Waals surface area contributed by atoms with Gasteiger partial charge in [0.15, 0.2) is 5.65 Å². The number of nitrogens with one attached hydrogen (secondary N) is 1. The number of hydrogen-bond donors (Lipinski definition) is 1. The van der Waals surface area contributed by atoms with Gasteiger partial charge in [0, 0.05) is 31.0 Å². The number of halogens is 1. The lowest BCUT2D eigenvalue weighted by Crippen LogP contribution is -2.08. The molecule has 0 aliphatic heterocycles. The maximum Gasteiger partial charge on any atom is 0.158 e. The van der Waals surface area contributed by atoms with Crippen LogP contribution >= 0.6 is 0 Å². The van der Waals surface area contributed by atoms with E-state index in [1.807, 2.05) is 12.1 Å². The average molecular weight is 311 g/mol. The molecule has 0 aliphatic rings. The summed E-state index contributed by atoms with van der Waals surface area (Å²) in [6.07, 6.45) is 1.42. The van der Waals surface area contributed by atoms with E-state index in [4.69, 9.17) is 10.00 Å². The Balaban J connectivity index is 2.08. The van der Waals surface area contributed by atoms with Crippen LogP contribution in [0, 0.1) is 17.1 Å². The zero-order valence-electron chi connectivity index (χ0n) is 12.5. The molecule has 6 nitrogen and oxygen atoms in total. The number of aromatic nitrogens is 3. The van der Waals surface area contributed by atoms with Crippen molar-refractivity contribution in [2.24, 2.45) is 0 Å². The van der Waals surface area contributed by atoms with Crippen molar-refractivity contribution in [2.45, 2.75) is 0 Å². The molecule has 0 aliphatic carbocycles. The fraction of sp³-hybridized carbons (Fsp3) is 0.188. The normalized spacial score (nSPS) is 10.7. The van der Waals surface area contributed by atoms with Crippen molar-refractivity contribution in [1.82, 2.24) is 14.6 Å². The lowest BCUT2D eigenvalue weighted by Gasteiger charge is -2.11. The summed E-state index contributed by atoms with van der Waals surface area (Å²) >= 11 is 0. The molecule has 0 bridgehead atoms. The van der Waals surface area contributed by atoms with Crippen molar-refractivity contribution < 1.29 is 9.13 Å². The highest BCUT2D eigenvalue weighted by atomic mass is 19.1. The Labute approximate surface area is 132 Å². The maximum atomic E-state index is 14.3. The van der Waals surface area contributed by atoms with Gasteiger partial charge in [-0.3, -0.25) is 0 Å². The van der Waals surface area contributed by atoms with Gasteiger partial charge in [0.1, 0.15) is 12.1 Å². The predicted octanol–water partition coefficient (Wildman–Crippen LogP) is 2.47. The average Bonchev–Trinajstić information content (AvgIpc) is 3.03. The van der Waals surface area contributed by atoms with E-state index in [1.54, 1.807) is 29.8 Å². The van der Waals surface area contributed by atoms with E-state index in [9.17, 15) is 4.39 Å². The van der Waals surface area contributed by atoms with E-state index in [2.05, 4.69) is 15.4 Å². The third-order valence-corrected chi connectivity index (χ3v) is 3.39. The Morgan fingerprint density at radius 1 is 1.35 bits per heavy atom. The number of methoxy groups -OCH3 is 1. The van der Waals surface area contributed by atoms with Crippen LogP contribution in [0.2, 0.25) is 0 Å². The van der Waals surface area contributed by atoms with E-state index in [0.717, 1.165) is 5.69 Å². The van der Waals surface area contributed by atoms with Crippen molar-refractivity contribution in [3.05, 3.63) is 48.0 Å². The molecular weight excluding hydrogens is 297 g/mol. The highest BCUT2D eigenvalue weighted by Gasteiger charge is 2.13. The van der Waals surface area contributed by atoms with Gasteiger partial charge in [-0.25, -0.2) is 13.9 Å². The van der Waals surface area contributed by atoms with Crippen LogP contribution < -0.4 is 5.32 Å². The zero-order chi connectivity index (χ0) is 16.2. The third-order valence-electron chi connectivity index (χ3n) is 3.39. The molecule has 0 spiro atoms. The summed E-state index contributed by atoms with van der Waals surface area (Å²) < 4.78 is 20.9. The van der Waals surface area contributed by atoms with Gasteiger partial charge >= 0.3 is 0 Å². The number of rotatable bonds is 5. The van der Waals surface area contributed by atoms with Crippen LogP contribution in [0.5, 0.6) is 0 Å². The summed E-state index contributed by atoms with van der Waals surface area (Å²) in [5.74, 6) is -0.477. The highest BCUT2D eigenvalue weighted by Crippen LogP contribution is 2.27. The molecule has 0 unspecified atom stereocenters. The van der Waals surface area contributed by atoms with Gasteiger partial charge in [-0.2, -0.15) is 10.4 Å². The topological polar surface area (TPSA) is 75.2 Å². The molecule has 2 aromatic heterocycles. The number of pyridine rings is 1. The lowest BCUT2D eigenvalue weighted by atomic mass is 10.1. The second-order valence-electron chi connectivity index (χ2n) is 4.89. The van der Waals surface area contributed by atoms with Gasteiger partial charge in [0.25, 0.3) is 0 Å². The third kappa shape index (κ3) is 2.98. The fourth-order valence-electron chi connectivity index (χ4n) is 2.31. The van der Waals surface area contributed by atoms with Crippen LogP contribution in [0.1, 0.15) is 5.56 Å². The Hall–Kier alpha value is -2.98. The van der Waals surface area contributed by atoms with Crippen LogP contribution in [0.4, 0.5) is 10.1 Å². The minimum Gasteiger partial charge on any atom is -0.383 e. The largest absolute Gasteiger partial charge is 0.383 e. The van der Waals surface area contributed by atoms with E-state index in [1.165, 1.54) is 12.4 Å². The molecule has 0 amide bonds. The second-order valence-corrected chi connectivity index (χ2v) is 4.89. The number of nitrogens with zero attached hydrogens (tertiary/aromatic N) is 4. The Morgan fingerprint density at radius 3 is 2.96 bits per heavy atom. The zero-order valence-corrected chi connectivity index (χ0v) is 12.5. The minimum absolute atomic E-state index is 0.274. The SMILES string of the molecule is COCCNc1cc(-c2ccc(C#N)cc2F)n2ncnc2c1. The molecule has 0 fully saturated rings. The van der Waals surface area contributed by atoms with Gasteiger partial charge in [0.05, 0.1) is 23.9 Å². The monoisotopic (exact) mass is 311 g/mol. The Morgan fingerprint density at radius 2 is 2.22 bits per heavy atom. The van der Waals surface area contributed by atoms with Gasteiger partial charge in [-0.15, -0.1) is 0 Å². The Bertz CT molecular complexity index is 884. The van der Waals surface area contributed by atoms with E-state index in [-0.39, 0.29) is 5.56 Å². The van der Waals surface area contributed by atoms with Gasteiger partial charge in [-0.05, 0) is 24.3 Å². The summed E-state index contributed by atoms with van der Waals surface area (Å²) in [6, 6.07) is 9.90. The quantitative estimate of drug-likeness (QED) is 0.733. The molecule has 0 radical (unpaired) electrons. The smallest absolute Gasteiger partial charge is 0.158 e. The lowest BCUT2D eigenvalue weighted by molar-refractivity contribution is 0.211. The summed E-state index contributed by atoms with van der Waals surface area (Å²) in [4.78, 5) is 4.16. The number of ether oxygens (including phenoxy) is 1. The fourth-order valence-corrected chi connectivity index (χ4v) is 2.31. The van der Waals surface area contributed by atoms with E-state index >= 15 is 0 Å². The predicted molar refractivity (Wildman–Crippen MR) is 83.5 cm³/mol. The van der Waals surface area contributed by atoms with E-state index in [0.29, 0.717) is 30.1 Å². The summed E-state index contributed by atoms with van der Waals surface area (Å²) in [7, 11) is 1.63. The first-order chi connectivity index (χ1) is 11.2. The van der Waals surface area contributed by atoms with Crippen molar-refractivity contribution in [2.75, 3.05) is 25.6 Å². The second kappa shape index (κ2) is 6.42. The van der Waals surface area contributed by atoms with Gasteiger partial charge < -0.3 is 10.1 Å². The molecule has 1 N–H and O–H groups in total.